The highest BCUT2D eigenvalue weighted by molar-refractivity contribution is 5.85. The summed E-state index contributed by atoms with van der Waals surface area (Å²) in [5.41, 5.74) is 5.94. The van der Waals surface area contributed by atoms with Crippen molar-refractivity contribution in [2.75, 3.05) is 0 Å². The molecule has 3 N–H and O–H groups in total. The number of fused-ring (bicyclic) bond motifs is 1. The minimum absolute atomic E-state index is 0.105. The molecule has 0 spiro atoms. The van der Waals surface area contributed by atoms with Gasteiger partial charge in [-0.1, -0.05) is 6.92 Å². The fraction of sp³-hybridized carbons (Fsp3) is 0.556. The van der Waals surface area contributed by atoms with E-state index in [0.717, 1.165) is 12.2 Å². The summed E-state index contributed by atoms with van der Waals surface area (Å²) in [6, 6.07) is 0.105. The third kappa shape index (κ3) is 1.39. The maximum absolute atomic E-state index is 10.7. The van der Waals surface area contributed by atoms with Gasteiger partial charge < -0.3 is 15.4 Å². The largest absolute Gasteiger partial charge is 0.476 e. The van der Waals surface area contributed by atoms with E-state index in [1.165, 1.54) is 0 Å². The van der Waals surface area contributed by atoms with Gasteiger partial charge in [-0.25, -0.2) is 9.78 Å². The third-order valence-corrected chi connectivity index (χ3v) is 2.55. The van der Waals surface area contributed by atoms with E-state index in [4.69, 9.17) is 10.8 Å². The van der Waals surface area contributed by atoms with Gasteiger partial charge in [0, 0.05) is 24.7 Å². The molecule has 0 bridgehead atoms. The fourth-order valence-corrected chi connectivity index (χ4v) is 1.96. The molecule has 0 aromatic carbocycles. The molecule has 2 atom stereocenters. The lowest BCUT2D eigenvalue weighted by atomic mass is 9.98. The summed E-state index contributed by atoms with van der Waals surface area (Å²) in [4.78, 5) is 14.8. The molecular weight excluding hydrogens is 182 g/mol. The lowest BCUT2D eigenvalue weighted by molar-refractivity contribution is 0.0691. The van der Waals surface area contributed by atoms with Gasteiger partial charge in [0.15, 0.2) is 5.69 Å². The Kier molecular flexibility index (Phi) is 2.03. The highest BCUT2D eigenvalue weighted by Crippen LogP contribution is 2.25. The van der Waals surface area contributed by atoms with E-state index >= 15 is 0 Å². The van der Waals surface area contributed by atoms with E-state index in [1.807, 2.05) is 11.5 Å². The van der Waals surface area contributed by atoms with Crippen molar-refractivity contribution in [1.82, 2.24) is 9.55 Å². The second kappa shape index (κ2) is 3.09. The summed E-state index contributed by atoms with van der Waals surface area (Å²) in [6.07, 6.45) is 2.43. The monoisotopic (exact) mass is 195 g/mol. The Hall–Kier alpha value is -1.36. The molecule has 0 saturated heterocycles. The Labute approximate surface area is 81.5 Å². The van der Waals surface area contributed by atoms with Gasteiger partial charge >= 0.3 is 5.97 Å². The summed E-state index contributed by atoms with van der Waals surface area (Å²) in [5, 5.41) is 8.78. The van der Waals surface area contributed by atoms with Crippen LogP contribution in [-0.2, 0) is 6.54 Å². The number of imidazole rings is 1. The van der Waals surface area contributed by atoms with E-state index in [2.05, 4.69) is 4.98 Å². The van der Waals surface area contributed by atoms with Gasteiger partial charge in [0.2, 0.25) is 0 Å². The van der Waals surface area contributed by atoms with Gasteiger partial charge in [-0.3, -0.25) is 0 Å². The minimum atomic E-state index is -0.979. The zero-order valence-corrected chi connectivity index (χ0v) is 7.97. The van der Waals surface area contributed by atoms with Crippen LogP contribution in [0.1, 0.15) is 35.6 Å². The highest BCUT2D eigenvalue weighted by atomic mass is 16.4. The molecule has 0 fully saturated rings. The van der Waals surface area contributed by atoms with Gasteiger partial charge in [-0.2, -0.15) is 0 Å². The third-order valence-electron chi connectivity index (χ3n) is 2.55. The van der Waals surface area contributed by atoms with Crippen LogP contribution in [0.15, 0.2) is 6.20 Å². The van der Waals surface area contributed by atoms with E-state index in [1.54, 1.807) is 6.20 Å². The average molecular weight is 195 g/mol. The molecule has 5 nitrogen and oxygen atoms in total. The standard InChI is InChI=1S/C9H13N3O2/c1-5-2-6(10)3-12-4-7(9(13)14)11-8(5)12/h4-6H,2-3,10H2,1H3,(H,13,14). The van der Waals surface area contributed by atoms with Crippen molar-refractivity contribution in [2.24, 2.45) is 5.73 Å². The SMILES string of the molecule is CC1CC(N)Cn2cc(C(=O)O)nc21. The maximum Gasteiger partial charge on any atom is 0.356 e. The number of nitrogens with two attached hydrogens (primary N) is 1. The topological polar surface area (TPSA) is 81.1 Å². The number of carboxylic acid groups (broad SMARTS) is 1. The molecule has 0 radical (unpaired) electrons. The highest BCUT2D eigenvalue weighted by Gasteiger charge is 2.25. The molecule has 1 aliphatic heterocycles. The Bertz CT molecular complexity index is 372. The molecule has 2 heterocycles. The molecule has 76 valence electrons. The number of rotatable bonds is 1. The van der Waals surface area contributed by atoms with Gasteiger partial charge in [0.05, 0.1) is 0 Å². The second-order valence-electron chi connectivity index (χ2n) is 3.84. The Morgan fingerprint density at radius 2 is 2.50 bits per heavy atom. The summed E-state index contributed by atoms with van der Waals surface area (Å²) in [6.45, 7) is 2.68. The van der Waals surface area contributed by atoms with Crippen molar-refractivity contribution in [3.63, 3.8) is 0 Å². The van der Waals surface area contributed by atoms with E-state index in [-0.39, 0.29) is 17.7 Å². The predicted molar refractivity (Wildman–Crippen MR) is 50.2 cm³/mol. The molecule has 0 saturated carbocycles. The first kappa shape index (κ1) is 9.21. The molecule has 1 aromatic rings. The van der Waals surface area contributed by atoms with Crippen LogP contribution in [0, 0.1) is 0 Å². The van der Waals surface area contributed by atoms with Crippen molar-refractivity contribution in [2.45, 2.75) is 31.8 Å². The Morgan fingerprint density at radius 1 is 1.79 bits per heavy atom. The first-order valence-corrected chi connectivity index (χ1v) is 4.64. The van der Waals surface area contributed by atoms with Gasteiger partial charge in [0.1, 0.15) is 5.82 Å². The van der Waals surface area contributed by atoms with Crippen LogP contribution in [0.25, 0.3) is 0 Å². The molecule has 0 amide bonds. The number of nitrogens with zero attached hydrogens (tertiary/aromatic N) is 2. The molecule has 14 heavy (non-hydrogen) atoms. The summed E-state index contributed by atoms with van der Waals surface area (Å²) in [5.74, 6) is 0.101. The quantitative estimate of drug-likeness (QED) is 0.680. The van der Waals surface area contributed by atoms with E-state index in [0.29, 0.717) is 6.54 Å². The first-order chi connectivity index (χ1) is 6.58. The van der Waals surface area contributed by atoms with Crippen LogP contribution in [0.4, 0.5) is 0 Å². The van der Waals surface area contributed by atoms with Crippen molar-refractivity contribution in [3.05, 3.63) is 17.7 Å². The molecule has 0 aliphatic carbocycles. The second-order valence-corrected chi connectivity index (χ2v) is 3.84. The van der Waals surface area contributed by atoms with Crippen LogP contribution in [0.3, 0.4) is 0 Å². The van der Waals surface area contributed by atoms with Gasteiger partial charge in [-0.15, -0.1) is 0 Å². The Balaban J connectivity index is 2.40. The van der Waals surface area contributed by atoms with Crippen LogP contribution >= 0.6 is 0 Å². The summed E-state index contributed by atoms with van der Waals surface area (Å²) in [7, 11) is 0. The van der Waals surface area contributed by atoms with Crippen molar-refractivity contribution < 1.29 is 9.90 Å². The maximum atomic E-state index is 10.7. The number of carbonyl (C=O) groups is 1. The number of hydrogen-bond acceptors (Lipinski definition) is 3. The number of carboxylic acids is 1. The first-order valence-electron chi connectivity index (χ1n) is 4.64. The lowest BCUT2D eigenvalue weighted by Gasteiger charge is -2.25. The van der Waals surface area contributed by atoms with E-state index in [9.17, 15) is 4.79 Å². The average Bonchev–Trinajstić information content (AvgIpc) is 2.47. The van der Waals surface area contributed by atoms with Crippen LogP contribution in [-0.4, -0.2) is 26.7 Å². The smallest absolute Gasteiger partial charge is 0.356 e. The van der Waals surface area contributed by atoms with E-state index < -0.39 is 5.97 Å². The summed E-state index contributed by atoms with van der Waals surface area (Å²) >= 11 is 0. The predicted octanol–water partition coefficient (Wildman–Crippen LogP) is 0.416. The molecule has 5 heteroatoms. The van der Waals surface area contributed by atoms with Crippen LogP contribution in [0.2, 0.25) is 0 Å². The number of aromatic carboxylic acids is 1. The number of hydrogen-bond donors (Lipinski definition) is 2. The minimum Gasteiger partial charge on any atom is -0.476 e. The van der Waals surface area contributed by atoms with Crippen LogP contribution in [0.5, 0.6) is 0 Å². The van der Waals surface area contributed by atoms with Gasteiger partial charge in [-0.05, 0) is 6.42 Å². The zero-order chi connectivity index (χ0) is 10.3. The molecule has 2 rings (SSSR count). The fourth-order valence-electron chi connectivity index (χ4n) is 1.96. The molecule has 1 aliphatic rings. The van der Waals surface area contributed by atoms with Gasteiger partial charge in [0.25, 0.3) is 0 Å². The lowest BCUT2D eigenvalue weighted by Crippen LogP contribution is -2.33. The zero-order valence-electron chi connectivity index (χ0n) is 7.97. The molecule has 1 aromatic heterocycles. The molecular formula is C9H13N3O2. The summed E-state index contributed by atoms with van der Waals surface area (Å²) < 4.78 is 1.85. The van der Waals surface area contributed by atoms with Crippen molar-refractivity contribution in [1.29, 1.82) is 0 Å². The van der Waals surface area contributed by atoms with Crippen LogP contribution < -0.4 is 5.73 Å². The Morgan fingerprint density at radius 3 is 3.14 bits per heavy atom. The normalized spacial score (nSPS) is 25.9. The van der Waals surface area contributed by atoms with Crippen molar-refractivity contribution >= 4 is 5.97 Å². The van der Waals surface area contributed by atoms with Crippen molar-refractivity contribution in [3.8, 4) is 0 Å². The number of aromatic nitrogens is 2. The molecule has 2 unspecified atom stereocenters.